The van der Waals surface area contributed by atoms with E-state index < -0.39 is 11.9 Å². The SMILES string of the molecule is FC(F)(F)C1=NCCn2cnnc21. The molecule has 1 aliphatic rings. The third-order valence-electron chi connectivity index (χ3n) is 1.71. The summed E-state index contributed by atoms with van der Waals surface area (Å²) in [7, 11) is 0. The average Bonchev–Trinajstić information content (AvgIpc) is 2.48. The zero-order valence-corrected chi connectivity index (χ0v) is 6.41. The van der Waals surface area contributed by atoms with Crippen molar-refractivity contribution in [1.82, 2.24) is 14.8 Å². The van der Waals surface area contributed by atoms with Crippen LogP contribution in [0.3, 0.4) is 0 Å². The van der Waals surface area contributed by atoms with Crippen LogP contribution in [0, 0.1) is 0 Å². The first-order valence-corrected chi connectivity index (χ1v) is 3.59. The molecule has 0 bridgehead atoms. The van der Waals surface area contributed by atoms with Crippen molar-refractivity contribution in [1.29, 1.82) is 0 Å². The van der Waals surface area contributed by atoms with Gasteiger partial charge < -0.3 is 4.57 Å². The lowest BCUT2D eigenvalue weighted by molar-refractivity contribution is -0.0590. The highest BCUT2D eigenvalue weighted by Gasteiger charge is 2.40. The summed E-state index contributed by atoms with van der Waals surface area (Å²) in [6.45, 7) is 0.530. The number of hydrogen-bond donors (Lipinski definition) is 0. The molecule has 0 unspecified atom stereocenters. The summed E-state index contributed by atoms with van der Waals surface area (Å²) < 4.78 is 38.2. The second kappa shape index (κ2) is 2.54. The molecule has 0 spiro atoms. The first-order chi connectivity index (χ1) is 6.09. The second-order valence-electron chi connectivity index (χ2n) is 2.58. The van der Waals surface area contributed by atoms with Gasteiger partial charge in [0.15, 0.2) is 11.5 Å². The number of nitrogens with zero attached hydrogens (tertiary/aromatic N) is 4. The number of fused-ring (bicyclic) bond motifs is 1. The first kappa shape index (κ1) is 8.21. The third kappa shape index (κ3) is 1.30. The summed E-state index contributed by atoms with van der Waals surface area (Å²) in [4.78, 5) is 3.38. The highest BCUT2D eigenvalue weighted by molar-refractivity contribution is 6.02. The van der Waals surface area contributed by atoms with Crippen molar-refractivity contribution in [3.05, 3.63) is 12.2 Å². The molecule has 2 heterocycles. The van der Waals surface area contributed by atoms with Crippen molar-refractivity contribution < 1.29 is 13.2 Å². The maximum absolute atomic E-state index is 12.3. The van der Waals surface area contributed by atoms with Crippen LogP contribution in [0.2, 0.25) is 0 Å². The Labute approximate surface area is 71.1 Å². The molecule has 4 nitrogen and oxygen atoms in total. The monoisotopic (exact) mass is 190 g/mol. The molecule has 7 heteroatoms. The zero-order chi connectivity index (χ0) is 9.47. The van der Waals surface area contributed by atoms with Crippen LogP contribution in [0.4, 0.5) is 13.2 Å². The Morgan fingerprint density at radius 3 is 2.85 bits per heavy atom. The van der Waals surface area contributed by atoms with E-state index in [9.17, 15) is 13.2 Å². The molecule has 0 saturated heterocycles. The standard InChI is InChI=1S/C6H5F3N4/c7-6(8,9)4-5-12-11-3-13(5)2-1-10-4/h3H,1-2H2. The van der Waals surface area contributed by atoms with Gasteiger partial charge in [-0.2, -0.15) is 13.2 Å². The molecule has 0 atom stereocenters. The Hall–Kier alpha value is -1.40. The van der Waals surface area contributed by atoms with Gasteiger partial charge in [-0.05, 0) is 0 Å². The van der Waals surface area contributed by atoms with Crippen LogP contribution in [-0.4, -0.2) is 33.2 Å². The van der Waals surface area contributed by atoms with Crippen LogP contribution < -0.4 is 0 Å². The number of aliphatic imine (C=N–C) groups is 1. The summed E-state index contributed by atoms with van der Waals surface area (Å²) in [5.41, 5.74) is -0.934. The van der Waals surface area contributed by atoms with Crippen LogP contribution >= 0.6 is 0 Å². The number of alkyl halides is 3. The Bertz CT molecular complexity index is 351. The molecule has 0 N–H and O–H groups in total. The topological polar surface area (TPSA) is 43.1 Å². The molecule has 1 aliphatic heterocycles. The van der Waals surface area contributed by atoms with Gasteiger partial charge in [-0.25, -0.2) is 0 Å². The Kier molecular flexibility index (Phi) is 1.61. The molecule has 0 aliphatic carbocycles. The van der Waals surface area contributed by atoms with Crippen LogP contribution in [-0.2, 0) is 6.54 Å². The highest BCUT2D eigenvalue weighted by atomic mass is 19.4. The van der Waals surface area contributed by atoms with Crippen molar-refractivity contribution in [3.63, 3.8) is 0 Å². The van der Waals surface area contributed by atoms with E-state index in [2.05, 4.69) is 15.2 Å². The van der Waals surface area contributed by atoms with Gasteiger partial charge in [-0.3, -0.25) is 4.99 Å². The minimum atomic E-state index is -4.44. The maximum Gasteiger partial charge on any atom is 0.436 e. The molecule has 1 aromatic rings. The van der Waals surface area contributed by atoms with Gasteiger partial charge in [0.25, 0.3) is 0 Å². The van der Waals surface area contributed by atoms with Gasteiger partial charge in [0, 0.05) is 6.54 Å². The van der Waals surface area contributed by atoms with E-state index in [1.165, 1.54) is 10.9 Å². The predicted molar refractivity (Wildman–Crippen MR) is 37.5 cm³/mol. The molecular formula is C6H5F3N4. The summed E-state index contributed by atoms with van der Waals surface area (Å²) in [5, 5.41) is 6.77. The molecule has 0 fully saturated rings. The van der Waals surface area contributed by atoms with E-state index in [4.69, 9.17) is 0 Å². The van der Waals surface area contributed by atoms with Gasteiger partial charge in [-0.15, -0.1) is 10.2 Å². The Morgan fingerprint density at radius 2 is 2.15 bits per heavy atom. The summed E-state index contributed by atoms with van der Waals surface area (Å²) in [6.07, 6.45) is -3.17. The van der Waals surface area contributed by atoms with Gasteiger partial charge in [0.05, 0.1) is 6.54 Å². The molecule has 0 aromatic carbocycles. The minimum absolute atomic E-state index is 0.125. The van der Waals surface area contributed by atoms with Gasteiger partial charge >= 0.3 is 6.18 Å². The molecule has 1 aromatic heterocycles. The summed E-state index contributed by atoms with van der Waals surface area (Å²) in [5.74, 6) is -0.196. The molecule has 13 heavy (non-hydrogen) atoms. The van der Waals surface area contributed by atoms with Crippen molar-refractivity contribution >= 4 is 5.71 Å². The van der Waals surface area contributed by atoms with Crippen molar-refractivity contribution in [2.45, 2.75) is 12.7 Å². The molecule has 70 valence electrons. The molecule has 0 amide bonds. The molecule has 0 saturated carbocycles. The lowest BCUT2D eigenvalue weighted by Gasteiger charge is -2.15. The van der Waals surface area contributed by atoms with Crippen molar-refractivity contribution in [3.8, 4) is 0 Å². The van der Waals surface area contributed by atoms with Crippen molar-refractivity contribution in [2.75, 3.05) is 6.54 Å². The van der Waals surface area contributed by atoms with Gasteiger partial charge in [-0.1, -0.05) is 0 Å². The normalized spacial score (nSPS) is 16.7. The van der Waals surface area contributed by atoms with E-state index in [1.54, 1.807) is 0 Å². The van der Waals surface area contributed by atoms with Gasteiger partial charge in [0.1, 0.15) is 6.33 Å². The van der Waals surface area contributed by atoms with E-state index >= 15 is 0 Å². The number of aromatic nitrogens is 3. The minimum Gasteiger partial charge on any atom is -0.310 e. The van der Waals surface area contributed by atoms with Crippen molar-refractivity contribution in [2.24, 2.45) is 4.99 Å². The Balaban J connectivity index is 2.47. The molecule has 2 rings (SSSR count). The third-order valence-corrected chi connectivity index (χ3v) is 1.71. The second-order valence-corrected chi connectivity index (χ2v) is 2.58. The smallest absolute Gasteiger partial charge is 0.310 e. The van der Waals surface area contributed by atoms with Crippen LogP contribution in [0.25, 0.3) is 0 Å². The van der Waals surface area contributed by atoms with Crippen LogP contribution in [0.5, 0.6) is 0 Å². The average molecular weight is 190 g/mol. The van der Waals surface area contributed by atoms with Gasteiger partial charge in [0.2, 0.25) is 0 Å². The van der Waals surface area contributed by atoms with Crippen LogP contribution in [0.15, 0.2) is 11.3 Å². The lowest BCUT2D eigenvalue weighted by Crippen LogP contribution is -2.31. The van der Waals surface area contributed by atoms with E-state index in [-0.39, 0.29) is 12.4 Å². The summed E-state index contributed by atoms with van der Waals surface area (Å²) >= 11 is 0. The first-order valence-electron chi connectivity index (χ1n) is 3.59. The zero-order valence-electron chi connectivity index (χ0n) is 6.41. The maximum atomic E-state index is 12.3. The highest BCUT2D eigenvalue weighted by Crippen LogP contribution is 2.23. The van der Waals surface area contributed by atoms with E-state index in [0.717, 1.165) is 0 Å². The fraction of sp³-hybridized carbons (Fsp3) is 0.500. The fourth-order valence-electron chi connectivity index (χ4n) is 1.16. The number of halogens is 3. The largest absolute Gasteiger partial charge is 0.436 e. The quantitative estimate of drug-likeness (QED) is 0.602. The van der Waals surface area contributed by atoms with Crippen LogP contribution in [0.1, 0.15) is 5.82 Å². The summed E-state index contributed by atoms with van der Waals surface area (Å²) in [6, 6.07) is 0. The predicted octanol–water partition coefficient (Wildman–Crippen LogP) is 0.643. The number of hydrogen-bond acceptors (Lipinski definition) is 3. The Morgan fingerprint density at radius 1 is 1.38 bits per heavy atom. The molecular weight excluding hydrogens is 185 g/mol. The fourth-order valence-corrected chi connectivity index (χ4v) is 1.16. The molecule has 0 radical (unpaired) electrons. The lowest BCUT2D eigenvalue weighted by atomic mass is 10.3. The van der Waals surface area contributed by atoms with E-state index in [0.29, 0.717) is 6.54 Å². The number of rotatable bonds is 0. The van der Waals surface area contributed by atoms with E-state index in [1.807, 2.05) is 0 Å².